The molecule has 0 fully saturated rings. The van der Waals surface area contributed by atoms with E-state index in [4.69, 9.17) is 9.47 Å². The van der Waals surface area contributed by atoms with Crippen LogP contribution in [0.2, 0.25) is 0 Å². The summed E-state index contributed by atoms with van der Waals surface area (Å²) in [5.41, 5.74) is 2.12. The average molecular weight is 329 g/mol. The maximum Gasteiger partial charge on any atom is 0.216 e. The largest absolute Gasteiger partial charge is 0.493 e. The Bertz CT molecular complexity index is 612. The minimum atomic E-state index is -0.0320. The van der Waals surface area contributed by atoms with Crippen molar-refractivity contribution in [2.24, 2.45) is 0 Å². The second kappa shape index (κ2) is 11.1. The van der Waals surface area contributed by atoms with E-state index >= 15 is 0 Å². The van der Waals surface area contributed by atoms with Gasteiger partial charge in [-0.1, -0.05) is 56.3 Å². The Kier molecular flexibility index (Phi) is 9.05. The maximum absolute atomic E-state index is 10.9. The summed E-state index contributed by atoms with van der Waals surface area (Å²) < 4.78 is 11.4. The van der Waals surface area contributed by atoms with Gasteiger partial charge in [0.1, 0.15) is 6.61 Å². The Labute approximate surface area is 144 Å². The Morgan fingerprint density at radius 2 is 1.75 bits per heavy atom. The van der Waals surface area contributed by atoms with Crippen molar-refractivity contribution in [2.45, 2.75) is 33.8 Å². The zero-order valence-corrected chi connectivity index (χ0v) is 15.0. The number of hydrogen-bond donors (Lipinski definition) is 1. The Hall–Kier alpha value is -2.49. The van der Waals surface area contributed by atoms with Gasteiger partial charge < -0.3 is 14.8 Å². The molecule has 0 saturated heterocycles. The molecule has 0 aromatic heterocycles. The maximum atomic E-state index is 10.9. The molecule has 0 bridgehead atoms. The number of para-hydroxylation sites is 1. The highest BCUT2D eigenvalue weighted by molar-refractivity contribution is 5.72. The van der Waals surface area contributed by atoms with Crippen molar-refractivity contribution in [1.82, 2.24) is 5.32 Å². The van der Waals surface area contributed by atoms with Crippen LogP contribution in [0.1, 0.15) is 31.9 Å². The van der Waals surface area contributed by atoms with Gasteiger partial charge in [-0.2, -0.15) is 0 Å². The van der Waals surface area contributed by atoms with Crippen molar-refractivity contribution in [3.8, 4) is 11.5 Å². The third-order valence-electron chi connectivity index (χ3n) is 3.27. The van der Waals surface area contributed by atoms with Gasteiger partial charge in [-0.05, 0) is 23.6 Å². The topological polar surface area (TPSA) is 47.6 Å². The SMILES string of the molecule is CC.COc1c(CCNC(C)=O)cccc1OCc1ccccc1. The van der Waals surface area contributed by atoms with E-state index in [9.17, 15) is 4.79 Å². The van der Waals surface area contributed by atoms with Crippen molar-refractivity contribution in [1.29, 1.82) is 0 Å². The highest BCUT2D eigenvalue weighted by atomic mass is 16.5. The van der Waals surface area contributed by atoms with Gasteiger partial charge in [0.25, 0.3) is 0 Å². The second-order valence-corrected chi connectivity index (χ2v) is 4.96. The number of nitrogens with one attached hydrogen (secondary N) is 1. The minimum absolute atomic E-state index is 0.0320. The fourth-order valence-corrected chi connectivity index (χ4v) is 2.21. The summed E-state index contributed by atoms with van der Waals surface area (Å²) in [6, 6.07) is 15.8. The molecule has 1 amide bonds. The molecule has 2 aromatic rings. The first-order chi connectivity index (χ1) is 11.7. The number of carbonyl (C=O) groups excluding carboxylic acids is 1. The van der Waals surface area contributed by atoms with Crippen LogP contribution in [0.5, 0.6) is 11.5 Å². The van der Waals surface area contributed by atoms with Gasteiger partial charge in [0.2, 0.25) is 5.91 Å². The molecule has 0 aliphatic heterocycles. The number of amides is 1. The van der Waals surface area contributed by atoms with Crippen molar-refractivity contribution >= 4 is 5.91 Å². The third-order valence-corrected chi connectivity index (χ3v) is 3.27. The van der Waals surface area contributed by atoms with E-state index < -0.39 is 0 Å². The van der Waals surface area contributed by atoms with Crippen LogP contribution in [0.3, 0.4) is 0 Å². The van der Waals surface area contributed by atoms with Crippen LogP contribution in [0.25, 0.3) is 0 Å². The molecule has 130 valence electrons. The summed E-state index contributed by atoms with van der Waals surface area (Å²) >= 11 is 0. The molecule has 24 heavy (non-hydrogen) atoms. The smallest absolute Gasteiger partial charge is 0.216 e. The van der Waals surface area contributed by atoms with E-state index in [-0.39, 0.29) is 5.91 Å². The van der Waals surface area contributed by atoms with Crippen LogP contribution >= 0.6 is 0 Å². The first-order valence-corrected chi connectivity index (χ1v) is 8.27. The standard InChI is InChI=1S/C18H21NO3.C2H6/c1-14(20)19-12-11-16-9-6-10-17(18(16)21-2)22-13-15-7-4-3-5-8-15;1-2/h3-10H,11-13H2,1-2H3,(H,19,20);1-2H3. The number of benzene rings is 2. The second-order valence-electron chi connectivity index (χ2n) is 4.96. The van der Waals surface area contributed by atoms with Crippen LogP contribution in [0, 0.1) is 0 Å². The van der Waals surface area contributed by atoms with Gasteiger partial charge in [0, 0.05) is 13.5 Å². The number of hydrogen-bond acceptors (Lipinski definition) is 3. The first-order valence-electron chi connectivity index (χ1n) is 8.27. The lowest BCUT2D eigenvalue weighted by Crippen LogP contribution is -2.22. The van der Waals surface area contributed by atoms with Crippen molar-refractivity contribution in [3.05, 3.63) is 59.7 Å². The van der Waals surface area contributed by atoms with Gasteiger partial charge in [-0.3, -0.25) is 4.79 Å². The van der Waals surface area contributed by atoms with Gasteiger partial charge in [-0.25, -0.2) is 0 Å². The summed E-state index contributed by atoms with van der Waals surface area (Å²) in [5.74, 6) is 1.41. The van der Waals surface area contributed by atoms with Gasteiger partial charge in [-0.15, -0.1) is 0 Å². The Morgan fingerprint density at radius 1 is 1.04 bits per heavy atom. The fourth-order valence-electron chi connectivity index (χ4n) is 2.21. The predicted molar refractivity (Wildman–Crippen MR) is 97.5 cm³/mol. The molecule has 4 nitrogen and oxygen atoms in total. The minimum Gasteiger partial charge on any atom is -0.493 e. The van der Waals surface area contributed by atoms with E-state index in [0.717, 1.165) is 16.9 Å². The van der Waals surface area contributed by atoms with E-state index in [1.54, 1.807) is 7.11 Å². The van der Waals surface area contributed by atoms with Gasteiger partial charge in [0.15, 0.2) is 11.5 Å². The van der Waals surface area contributed by atoms with Gasteiger partial charge in [0.05, 0.1) is 7.11 Å². The van der Waals surface area contributed by atoms with Crippen molar-refractivity contribution in [3.63, 3.8) is 0 Å². The van der Waals surface area contributed by atoms with Crippen LogP contribution in [-0.2, 0) is 17.8 Å². The van der Waals surface area contributed by atoms with E-state index in [1.165, 1.54) is 6.92 Å². The number of methoxy groups -OCH3 is 1. The van der Waals surface area contributed by atoms with Crippen molar-refractivity contribution in [2.75, 3.05) is 13.7 Å². The normalized spacial score (nSPS) is 9.50. The summed E-state index contributed by atoms with van der Waals surface area (Å²) in [4.78, 5) is 10.9. The molecule has 0 heterocycles. The van der Waals surface area contributed by atoms with Crippen LogP contribution in [-0.4, -0.2) is 19.6 Å². The molecule has 0 aliphatic rings. The zero-order chi connectivity index (χ0) is 17.8. The molecule has 0 radical (unpaired) electrons. The number of carbonyl (C=O) groups is 1. The van der Waals surface area contributed by atoms with E-state index in [0.29, 0.717) is 25.3 Å². The van der Waals surface area contributed by atoms with E-state index in [1.807, 2.05) is 62.4 Å². The summed E-state index contributed by atoms with van der Waals surface area (Å²) in [6.07, 6.45) is 0.700. The van der Waals surface area contributed by atoms with Crippen LogP contribution in [0.4, 0.5) is 0 Å². The highest BCUT2D eigenvalue weighted by Gasteiger charge is 2.10. The average Bonchev–Trinajstić information content (AvgIpc) is 2.62. The third kappa shape index (κ3) is 6.32. The first kappa shape index (κ1) is 19.6. The highest BCUT2D eigenvalue weighted by Crippen LogP contribution is 2.31. The molecule has 0 unspecified atom stereocenters. The summed E-state index contributed by atoms with van der Waals surface area (Å²) in [7, 11) is 1.63. The summed E-state index contributed by atoms with van der Waals surface area (Å²) in [5, 5.41) is 2.79. The molecule has 2 aromatic carbocycles. The monoisotopic (exact) mass is 329 g/mol. The lowest BCUT2D eigenvalue weighted by molar-refractivity contribution is -0.118. The van der Waals surface area contributed by atoms with E-state index in [2.05, 4.69) is 5.32 Å². The molecular formula is C20H27NO3. The lowest BCUT2D eigenvalue weighted by Gasteiger charge is -2.14. The molecule has 2 rings (SSSR count). The molecular weight excluding hydrogens is 302 g/mol. The fraction of sp³-hybridized carbons (Fsp3) is 0.350. The molecule has 1 N–H and O–H groups in total. The quantitative estimate of drug-likeness (QED) is 0.836. The predicted octanol–water partition coefficient (Wildman–Crippen LogP) is 3.98. The Morgan fingerprint density at radius 3 is 2.38 bits per heavy atom. The van der Waals surface area contributed by atoms with Crippen LogP contribution < -0.4 is 14.8 Å². The van der Waals surface area contributed by atoms with Crippen LogP contribution in [0.15, 0.2) is 48.5 Å². The van der Waals surface area contributed by atoms with Crippen molar-refractivity contribution < 1.29 is 14.3 Å². The number of rotatable bonds is 7. The molecule has 0 spiro atoms. The molecule has 0 saturated carbocycles. The number of ether oxygens (including phenoxy) is 2. The zero-order valence-electron chi connectivity index (χ0n) is 15.0. The molecule has 0 aliphatic carbocycles. The molecule has 0 atom stereocenters. The van der Waals surface area contributed by atoms with Gasteiger partial charge >= 0.3 is 0 Å². The molecule has 4 heteroatoms. The summed E-state index contributed by atoms with van der Waals surface area (Å²) in [6.45, 7) is 6.58. The Balaban J connectivity index is 0.00000139. The lowest BCUT2D eigenvalue weighted by atomic mass is 10.1.